The SMILES string of the molecule is O=S(=O)(Nc1cccc(F)n1)c1c(Cl)cc(Cl)cc1Cl. The van der Waals surface area contributed by atoms with Crippen molar-refractivity contribution < 1.29 is 12.8 Å². The van der Waals surface area contributed by atoms with E-state index in [9.17, 15) is 12.8 Å². The maximum absolute atomic E-state index is 12.9. The van der Waals surface area contributed by atoms with Crippen LogP contribution in [0.25, 0.3) is 0 Å². The third-order valence-corrected chi connectivity index (χ3v) is 4.68. The monoisotopic (exact) mass is 354 g/mol. The molecule has 0 amide bonds. The molecule has 2 aromatic rings. The molecule has 0 saturated heterocycles. The minimum Gasteiger partial charge on any atom is -0.263 e. The molecule has 1 aromatic heterocycles. The van der Waals surface area contributed by atoms with E-state index in [-0.39, 0.29) is 25.8 Å². The Labute approximate surface area is 129 Å². The number of hydrogen-bond acceptors (Lipinski definition) is 3. The zero-order valence-corrected chi connectivity index (χ0v) is 12.7. The summed E-state index contributed by atoms with van der Waals surface area (Å²) in [5.74, 6) is -1.01. The van der Waals surface area contributed by atoms with Crippen LogP contribution in [-0.4, -0.2) is 13.4 Å². The first-order chi connectivity index (χ1) is 9.29. The normalized spacial score (nSPS) is 11.4. The predicted octanol–water partition coefficient (Wildman–Crippen LogP) is 3.98. The summed E-state index contributed by atoms with van der Waals surface area (Å²) in [7, 11) is -4.11. The number of rotatable bonds is 3. The number of anilines is 1. The van der Waals surface area contributed by atoms with Crippen molar-refractivity contribution >= 4 is 50.6 Å². The second-order valence-electron chi connectivity index (χ2n) is 3.65. The summed E-state index contributed by atoms with van der Waals surface area (Å²) in [6, 6.07) is 6.16. The van der Waals surface area contributed by atoms with Gasteiger partial charge in [0.25, 0.3) is 10.0 Å². The van der Waals surface area contributed by atoms with Gasteiger partial charge in [-0.05, 0) is 24.3 Å². The summed E-state index contributed by atoms with van der Waals surface area (Å²) in [6.07, 6.45) is 0. The van der Waals surface area contributed by atoms with Gasteiger partial charge in [-0.1, -0.05) is 40.9 Å². The number of nitrogens with zero attached hydrogens (tertiary/aromatic N) is 1. The molecular formula is C11H6Cl3FN2O2S. The van der Waals surface area contributed by atoms with E-state index in [2.05, 4.69) is 9.71 Å². The van der Waals surface area contributed by atoms with Crippen molar-refractivity contribution in [2.24, 2.45) is 0 Å². The molecule has 2 rings (SSSR count). The molecule has 1 heterocycles. The molecule has 1 N–H and O–H groups in total. The standard InChI is InChI=1S/C11H6Cl3FN2O2S/c12-6-4-7(13)11(8(14)5-6)20(18,19)17-10-3-1-2-9(15)16-10/h1-5H,(H,16,17). The first-order valence-corrected chi connectivity index (χ1v) is 7.71. The van der Waals surface area contributed by atoms with E-state index in [1.54, 1.807) is 0 Å². The van der Waals surface area contributed by atoms with Gasteiger partial charge >= 0.3 is 0 Å². The molecule has 0 radical (unpaired) electrons. The van der Waals surface area contributed by atoms with Gasteiger partial charge in [-0.15, -0.1) is 0 Å². The average Bonchev–Trinajstić information content (AvgIpc) is 2.25. The van der Waals surface area contributed by atoms with E-state index in [4.69, 9.17) is 34.8 Å². The third kappa shape index (κ3) is 3.32. The van der Waals surface area contributed by atoms with E-state index < -0.39 is 16.0 Å². The molecule has 0 aliphatic carbocycles. The highest BCUT2D eigenvalue weighted by Gasteiger charge is 2.23. The van der Waals surface area contributed by atoms with Gasteiger partial charge in [0.15, 0.2) is 0 Å². The second kappa shape index (κ2) is 5.73. The van der Waals surface area contributed by atoms with Gasteiger partial charge in [0.1, 0.15) is 10.7 Å². The molecule has 106 valence electrons. The van der Waals surface area contributed by atoms with E-state index in [1.807, 2.05) is 0 Å². The van der Waals surface area contributed by atoms with Gasteiger partial charge in [0.2, 0.25) is 5.95 Å². The number of hydrogen-bond donors (Lipinski definition) is 1. The molecule has 0 spiro atoms. The number of benzene rings is 1. The smallest absolute Gasteiger partial charge is 0.263 e. The van der Waals surface area contributed by atoms with Crippen molar-refractivity contribution in [1.29, 1.82) is 0 Å². The highest BCUT2D eigenvalue weighted by molar-refractivity contribution is 7.93. The highest BCUT2D eigenvalue weighted by Crippen LogP contribution is 2.33. The summed E-state index contributed by atoms with van der Waals surface area (Å²) >= 11 is 17.4. The molecular weight excluding hydrogens is 350 g/mol. The molecule has 20 heavy (non-hydrogen) atoms. The van der Waals surface area contributed by atoms with E-state index in [0.29, 0.717) is 0 Å². The average molecular weight is 356 g/mol. The summed E-state index contributed by atoms with van der Waals surface area (Å²) < 4.78 is 39.4. The summed E-state index contributed by atoms with van der Waals surface area (Å²) in [6.45, 7) is 0. The lowest BCUT2D eigenvalue weighted by Gasteiger charge is -2.10. The summed E-state index contributed by atoms with van der Waals surface area (Å²) in [5.41, 5.74) is 0. The maximum Gasteiger partial charge on any atom is 0.266 e. The molecule has 0 aliphatic rings. The van der Waals surface area contributed by atoms with Crippen LogP contribution in [0.1, 0.15) is 0 Å². The molecule has 1 aromatic carbocycles. The number of halogens is 4. The Morgan fingerprint density at radius 1 is 1.10 bits per heavy atom. The fraction of sp³-hybridized carbons (Fsp3) is 0. The topological polar surface area (TPSA) is 59.1 Å². The first kappa shape index (κ1) is 15.3. The molecule has 0 bridgehead atoms. The zero-order valence-electron chi connectivity index (χ0n) is 9.57. The Morgan fingerprint density at radius 2 is 1.70 bits per heavy atom. The molecule has 0 unspecified atom stereocenters. The van der Waals surface area contributed by atoms with Crippen molar-refractivity contribution in [3.63, 3.8) is 0 Å². The van der Waals surface area contributed by atoms with Crippen LogP contribution in [0.15, 0.2) is 35.2 Å². The second-order valence-corrected chi connectivity index (χ2v) is 6.52. The number of sulfonamides is 1. The summed E-state index contributed by atoms with van der Waals surface area (Å²) in [5, 5.41) is -0.0966. The van der Waals surface area contributed by atoms with E-state index in [1.165, 1.54) is 24.3 Å². The van der Waals surface area contributed by atoms with E-state index in [0.717, 1.165) is 6.07 Å². The van der Waals surface area contributed by atoms with Gasteiger partial charge in [0, 0.05) is 5.02 Å². The van der Waals surface area contributed by atoms with Gasteiger partial charge in [-0.25, -0.2) is 13.4 Å². The van der Waals surface area contributed by atoms with Crippen LogP contribution in [0.4, 0.5) is 10.2 Å². The van der Waals surface area contributed by atoms with Crippen LogP contribution in [0.2, 0.25) is 15.1 Å². The Bertz CT molecular complexity index is 745. The zero-order chi connectivity index (χ0) is 14.9. The molecule has 9 heteroatoms. The minimum atomic E-state index is -4.11. The van der Waals surface area contributed by atoms with Crippen molar-refractivity contribution in [2.45, 2.75) is 4.90 Å². The Balaban J connectivity index is 2.46. The number of nitrogens with one attached hydrogen (secondary N) is 1. The lowest BCUT2D eigenvalue weighted by atomic mass is 10.4. The quantitative estimate of drug-likeness (QED) is 0.847. The molecule has 0 saturated carbocycles. The Morgan fingerprint density at radius 3 is 2.25 bits per heavy atom. The van der Waals surface area contributed by atoms with Crippen LogP contribution in [0.3, 0.4) is 0 Å². The van der Waals surface area contributed by atoms with Crippen molar-refractivity contribution in [2.75, 3.05) is 4.72 Å². The highest BCUT2D eigenvalue weighted by atomic mass is 35.5. The minimum absolute atomic E-state index is 0.147. The maximum atomic E-state index is 12.9. The Hall–Kier alpha value is -1.08. The van der Waals surface area contributed by atoms with Gasteiger partial charge in [-0.3, -0.25) is 4.72 Å². The van der Waals surface area contributed by atoms with Crippen molar-refractivity contribution in [1.82, 2.24) is 4.98 Å². The fourth-order valence-corrected chi connectivity index (χ4v) is 3.99. The van der Waals surface area contributed by atoms with Crippen molar-refractivity contribution in [3.05, 3.63) is 51.3 Å². The summed E-state index contributed by atoms with van der Waals surface area (Å²) in [4.78, 5) is 3.04. The largest absolute Gasteiger partial charge is 0.266 e. The van der Waals surface area contributed by atoms with Gasteiger partial charge in [-0.2, -0.15) is 4.39 Å². The van der Waals surface area contributed by atoms with Gasteiger partial charge < -0.3 is 0 Å². The van der Waals surface area contributed by atoms with E-state index >= 15 is 0 Å². The van der Waals surface area contributed by atoms with Crippen LogP contribution in [0, 0.1) is 5.95 Å². The van der Waals surface area contributed by atoms with Crippen LogP contribution < -0.4 is 4.72 Å². The molecule has 0 atom stereocenters. The third-order valence-electron chi connectivity index (χ3n) is 2.19. The van der Waals surface area contributed by atoms with Crippen LogP contribution in [-0.2, 0) is 10.0 Å². The molecule has 0 fully saturated rings. The van der Waals surface area contributed by atoms with Gasteiger partial charge in [0.05, 0.1) is 10.0 Å². The molecule has 0 aliphatic heterocycles. The Kier molecular flexibility index (Phi) is 4.39. The lowest BCUT2D eigenvalue weighted by molar-refractivity contribution is 0.584. The first-order valence-electron chi connectivity index (χ1n) is 5.09. The lowest BCUT2D eigenvalue weighted by Crippen LogP contribution is -2.15. The fourth-order valence-electron chi connectivity index (χ4n) is 1.44. The number of pyridine rings is 1. The van der Waals surface area contributed by atoms with Crippen molar-refractivity contribution in [3.8, 4) is 0 Å². The number of aromatic nitrogens is 1. The van der Waals surface area contributed by atoms with Crippen LogP contribution >= 0.6 is 34.8 Å². The predicted molar refractivity (Wildman–Crippen MR) is 76.5 cm³/mol. The molecule has 4 nitrogen and oxygen atoms in total. The van der Waals surface area contributed by atoms with Crippen LogP contribution in [0.5, 0.6) is 0 Å².